The zero-order valence-electron chi connectivity index (χ0n) is 9.37. The average molecular weight is 257 g/mol. The summed E-state index contributed by atoms with van der Waals surface area (Å²) in [7, 11) is 1.95. The third-order valence-electron chi connectivity index (χ3n) is 2.66. The van der Waals surface area contributed by atoms with Crippen molar-refractivity contribution in [1.29, 1.82) is 5.26 Å². The number of halogens is 2. The van der Waals surface area contributed by atoms with Crippen molar-refractivity contribution in [3.05, 3.63) is 28.8 Å². The van der Waals surface area contributed by atoms with E-state index in [2.05, 4.69) is 6.07 Å². The van der Waals surface area contributed by atoms with Crippen LogP contribution in [-0.2, 0) is 5.88 Å². The third kappa shape index (κ3) is 2.81. The van der Waals surface area contributed by atoms with Gasteiger partial charge in [-0.2, -0.15) is 5.26 Å². The second-order valence-corrected chi connectivity index (χ2v) is 4.37. The molecule has 1 atom stereocenters. The van der Waals surface area contributed by atoms with Gasteiger partial charge in [0, 0.05) is 29.4 Å². The molecule has 16 heavy (non-hydrogen) atoms. The smallest absolute Gasteiger partial charge is 0.0643 e. The average Bonchev–Trinajstić information content (AvgIpc) is 2.28. The molecule has 1 rings (SSSR count). The summed E-state index contributed by atoms with van der Waals surface area (Å²) >= 11 is 12.0. The van der Waals surface area contributed by atoms with E-state index in [1.54, 1.807) is 0 Å². The fraction of sp³-hybridized carbons (Fsp3) is 0.417. The van der Waals surface area contributed by atoms with Crippen molar-refractivity contribution in [3.63, 3.8) is 0 Å². The molecule has 0 spiro atoms. The highest BCUT2D eigenvalue weighted by Crippen LogP contribution is 2.29. The Hall–Kier alpha value is -0.910. The van der Waals surface area contributed by atoms with Crippen molar-refractivity contribution < 1.29 is 0 Å². The molecule has 1 unspecified atom stereocenters. The van der Waals surface area contributed by atoms with Crippen LogP contribution in [0.1, 0.15) is 18.9 Å². The lowest BCUT2D eigenvalue weighted by molar-refractivity contribution is 0.700. The van der Waals surface area contributed by atoms with Gasteiger partial charge in [0.25, 0.3) is 0 Å². The number of hydrogen-bond acceptors (Lipinski definition) is 2. The first-order chi connectivity index (χ1) is 7.61. The van der Waals surface area contributed by atoms with Gasteiger partial charge in [0.1, 0.15) is 0 Å². The Bertz CT molecular complexity index is 398. The van der Waals surface area contributed by atoms with Gasteiger partial charge in [0.2, 0.25) is 0 Å². The number of hydrogen-bond donors (Lipinski definition) is 0. The van der Waals surface area contributed by atoms with Crippen molar-refractivity contribution in [2.75, 3.05) is 11.9 Å². The molecule has 0 radical (unpaired) electrons. The molecule has 0 aliphatic rings. The fourth-order valence-electron chi connectivity index (χ4n) is 1.52. The standard InChI is InChI=1S/C12H14Cl2N2/c1-9(6-7-15)16(2)12-5-3-4-11(14)10(12)8-13/h3-5,9H,6,8H2,1-2H3. The van der Waals surface area contributed by atoms with Crippen LogP contribution in [0.2, 0.25) is 5.02 Å². The number of rotatable bonds is 4. The van der Waals surface area contributed by atoms with E-state index < -0.39 is 0 Å². The fourth-order valence-corrected chi connectivity index (χ4v) is 2.10. The highest BCUT2D eigenvalue weighted by molar-refractivity contribution is 6.32. The van der Waals surface area contributed by atoms with Crippen LogP contribution in [0, 0.1) is 11.3 Å². The molecule has 0 bridgehead atoms. The van der Waals surface area contributed by atoms with Crippen molar-refractivity contribution in [1.82, 2.24) is 0 Å². The van der Waals surface area contributed by atoms with Crippen LogP contribution >= 0.6 is 23.2 Å². The zero-order chi connectivity index (χ0) is 12.1. The Balaban J connectivity index is 3.04. The van der Waals surface area contributed by atoms with E-state index in [4.69, 9.17) is 28.5 Å². The molecule has 1 aromatic rings. The number of anilines is 1. The highest BCUT2D eigenvalue weighted by atomic mass is 35.5. The van der Waals surface area contributed by atoms with Crippen LogP contribution in [0.4, 0.5) is 5.69 Å². The van der Waals surface area contributed by atoms with Gasteiger partial charge in [-0.1, -0.05) is 17.7 Å². The lowest BCUT2D eigenvalue weighted by atomic mass is 10.1. The first-order valence-electron chi connectivity index (χ1n) is 5.05. The molecule has 0 saturated heterocycles. The molecule has 0 aliphatic heterocycles. The maximum atomic E-state index is 8.68. The summed E-state index contributed by atoms with van der Waals surface area (Å²) < 4.78 is 0. The van der Waals surface area contributed by atoms with Gasteiger partial charge in [-0.05, 0) is 19.1 Å². The Kier molecular flexibility index (Phi) is 4.92. The molecule has 86 valence electrons. The maximum absolute atomic E-state index is 8.68. The van der Waals surface area contributed by atoms with Crippen LogP contribution in [0.5, 0.6) is 0 Å². The SMILES string of the molecule is CC(CC#N)N(C)c1cccc(Cl)c1CCl. The maximum Gasteiger partial charge on any atom is 0.0643 e. The third-order valence-corrected chi connectivity index (χ3v) is 3.28. The summed E-state index contributed by atoms with van der Waals surface area (Å²) in [5.41, 5.74) is 1.91. The Labute approximate surface area is 106 Å². The normalized spacial score (nSPS) is 11.9. The Morgan fingerprint density at radius 3 is 2.75 bits per heavy atom. The van der Waals surface area contributed by atoms with E-state index in [-0.39, 0.29) is 6.04 Å². The predicted octanol–water partition coefficient (Wildman–Crippen LogP) is 3.82. The molecule has 0 heterocycles. The van der Waals surface area contributed by atoms with E-state index in [1.165, 1.54) is 0 Å². The predicted molar refractivity (Wildman–Crippen MR) is 69.1 cm³/mol. The summed E-state index contributed by atoms with van der Waals surface area (Å²) in [4.78, 5) is 2.03. The minimum Gasteiger partial charge on any atom is -0.371 e. The van der Waals surface area contributed by atoms with E-state index in [0.717, 1.165) is 11.3 Å². The summed E-state index contributed by atoms with van der Waals surface area (Å²) in [6, 6.07) is 7.99. The monoisotopic (exact) mass is 256 g/mol. The number of nitrogens with zero attached hydrogens (tertiary/aromatic N) is 2. The molecule has 0 saturated carbocycles. The second kappa shape index (κ2) is 5.98. The molecule has 0 N–H and O–H groups in total. The molecule has 0 aliphatic carbocycles. The Morgan fingerprint density at radius 1 is 1.50 bits per heavy atom. The van der Waals surface area contributed by atoms with Crippen molar-refractivity contribution in [2.45, 2.75) is 25.3 Å². The minimum atomic E-state index is 0.144. The molecule has 0 amide bonds. The van der Waals surface area contributed by atoms with Gasteiger partial charge < -0.3 is 4.90 Å². The second-order valence-electron chi connectivity index (χ2n) is 3.69. The summed E-state index contributed by atoms with van der Waals surface area (Å²) in [6.07, 6.45) is 0.477. The highest BCUT2D eigenvalue weighted by Gasteiger charge is 2.14. The number of benzene rings is 1. The first kappa shape index (κ1) is 13.2. The van der Waals surface area contributed by atoms with Gasteiger partial charge >= 0.3 is 0 Å². The van der Waals surface area contributed by atoms with Gasteiger partial charge in [0.05, 0.1) is 18.4 Å². The molecule has 1 aromatic carbocycles. The minimum absolute atomic E-state index is 0.144. The largest absolute Gasteiger partial charge is 0.371 e. The molecule has 0 aromatic heterocycles. The van der Waals surface area contributed by atoms with Crippen molar-refractivity contribution in [2.24, 2.45) is 0 Å². The number of nitriles is 1. The quantitative estimate of drug-likeness (QED) is 0.767. The van der Waals surface area contributed by atoms with Crippen LogP contribution in [0.25, 0.3) is 0 Å². The van der Waals surface area contributed by atoms with Gasteiger partial charge in [-0.3, -0.25) is 0 Å². The van der Waals surface area contributed by atoms with Gasteiger partial charge in [-0.25, -0.2) is 0 Å². The summed E-state index contributed by atoms with van der Waals surface area (Å²) in [6.45, 7) is 2.00. The molecule has 0 fully saturated rings. The molecular formula is C12H14Cl2N2. The topological polar surface area (TPSA) is 27.0 Å². The molecular weight excluding hydrogens is 243 g/mol. The zero-order valence-corrected chi connectivity index (χ0v) is 10.9. The van der Waals surface area contributed by atoms with Crippen LogP contribution < -0.4 is 4.90 Å². The Morgan fingerprint density at radius 2 is 2.19 bits per heavy atom. The van der Waals surface area contributed by atoms with Gasteiger partial charge in [-0.15, -0.1) is 11.6 Å². The van der Waals surface area contributed by atoms with Crippen LogP contribution in [0.15, 0.2) is 18.2 Å². The van der Waals surface area contributed by atoms with Crippen LogP contribution in [-0.4, -0.2) is 13.1 Å². The van der Waals surface area contributed by atoms with E-state index in [0.29, 0.717) is 17.3 Å². The van der Waals surface area contributed by atoms with E-state index >= 15 is 0 Å². The lowest BCUT2D eigenvalue weighted by Crippen LogP contribution is -2.29. The molecule has 4 heteroatoms. The molecule has 2 nitrogen and oxygen atoms in total. The first-order valence-corrected chi connectivity index (χ1v) is 5.96. The van der Waals surface area contributed by atoms with Crippen LogP contribution in [0.3, 0.4) is 0 Å². The lowest BCUT2D eigenvalue weighted by Gasteiger charge is -2.27. The van der Waals surface area contributed by atoms with Gasteiger partial charge in [0.15, 0.2) is 0 Å². The number of alkyl halides is 1. The van der Waals surface area contributed by atoms with Crippen molar-refractivity contribution >= 4 is 28.9 Å². The van der Waals surface area contributed by atoms with E-state index in [1.807, 2.05) is 37.1 Å². The summed E-state index contributed by atoms with van der Waals surface area (Å²) in [5, 5.41) is 9.35. The van der Waals surface area contributed by atoms with Crippen molar-refractivity contribution in [3.8, 4) is 6.07 Å². The summed E-state index contributed by atoms with van der Waals surface area (Å²) in [5.74, 6) is 0.374. The van der Waals surface area contributed by atoms with E-state index in [9.17, 15) is 0 Å².